The topological polar surface area (TPSA) is 108 Å². The van der Waals surface area contributed by atoms with Gasteiger partial charge in [0.2, 0.25) is 0 Å². The summed E-state index contributed by atoms with van der Waals surface area (Å²) in [5.41, 5.74) is 4.41. The number of aromatic nitrogens is 4. The third-order valence-corrected chi connectivity index (χ3v) is 2.75. The molecule has 0 spiro atoms. The quantitative estimate of drug-likeness (QED) is 0.473. The Bertz CT molecular complexity index is 621. The summed E-state index contributed by atoms with van der Waals surface area (Å²) in [7, 11) is 0. The molecule has 19 heavy (non-hydrogen) atoms. The molecule has 2 aromatic rings. The fourth-order valence-corrected chi connectivity index (χ4v) is 1.94. The SMILES string of the molecule is CCOC(=O)c1c(C)nc(NN)c2nnn(CC)c12. The molecule has 0 bridgehead atoms. The Morgan fingerprint density at radius 3 is 2.79 bits per heavy atom. The molecule has 0 fully saturated rings. The average Bonchev–Trinajstić information content (AvgIpc) is 2.81. The van der Waals surface area contributed by atoms with Crippen LogP contribution < -0.4 is 11.3 Å². The number of hydrogen-bond acceptors (Lipinski definition) is 7. The van der Waals surface area contributed by atoms with Gasteiger partial charge in [0, 0.05) is 6.54 Å². The number of nitrogens with one attached hydrogen (secondary N) is 1. The van der Waals surface area contributed by atoms with Crippen molar-refractivity contribution in [3.8, 4) is 0 Å². The van der Waals surface area contributed by atoms with Crippen LogP contribution in [0.25, 0.3) is 11.0 Å². The van der Waals surface area contributed by atoms with Gasteiger partial charge in [-0.2, -0.15) is 0 Å². The van der Waals surface area contributed by atoms with Gasteiger partial charge in [-0.1, -0.05) is 5.21 Å². The Balaban J connectivity index is 2.77. The second-order valence-corrected chi connectivity index (χ2v) is 3.89. The summed E-state index contributed by atoms with van der Waals surface area (Å²) in [6, 6.07) is 0. The number of pyridine rings is 1. The summed E-state index contributed by atoms with van der Waals surface area (Å²) in [6.07, 6.45) is 0. The van der Waals surface area contributed by atoms with Crippen LogP contribution in [-0.4, -0.2) is 32.6 Å². The van der Waals surface area contributed by atoms with E-state index in [2.05, 4.69) is 20.7 Å². The number of rotatable bonds is 4. The van der Waals surface area contributed by atoms with Gasteiger partial charge in [0.15, 0.2) is 11.3 Å². The molecule has 0 radical (unpaired) electrons. The van der Waals surface area contributed by atoms with Gasteiger partial charge in [-0.15, -0.1) is 5.10 Å². The van der Waals surface area contributed by atoms with E-state index in [0.717, 1.165) is 0 Å². The number of hydrogen-bond donors (Lipinski definition) is 2. The standard InChI is InChI=1S/C11H16N6O2/c1-4-17-9-7(11(18)19-5-2)6(3)13-10(14-12)8(9)15-16-17/h4-5,12H2,1-3H3,(H,13,14). The zero-order valence-electron chi connectivity index (χ0n) is 11.1. The molecule has 8 nitrogen and oxygen atoms in total. The molecule has 0 unspecified atom stereocenters. The van der Waals surface area contributed by atoms with Gasteiger partial charge in [-0.25, -0.2) is 20.3 Å². The monoisotopic (exact) mass is 264 g/mol. The van der Waals surface area contributed by atoms with Crippen molar-refractivity contribution in [1.82, 2.24) is 20.0 Å². The number of aryl methyl sites for hydroxylation is 2. The molecule has 0 aliphatic heterocycles. The van der Waals surface area contributed by atoms with E-state index in [1.54, 1.807) is 18.5 Å². The molecule has 3 N–H and O–H groups in total. The highest BCUT2D eigenvalue weighted by Crippen LogP contribution is 2.25. The fourth-order valence-electron chi connectivity index (χ4n) is 1.94. The molecule has 0 atom stereocenters. The van der Waals surface area contributed by atoms with Crippen molar-refractivity contribution in [2.24, 2.45) is 5.84 Å². The van der Waals surface area contributed by atoms with Crippen LogP contribution in [0.5, 0.6) is 0 Å². The molecule has 0 saturated heterocycles. The molecule has 0 amide bonds. The largest absolute Gasteiger partial charge is 0.462 e. The number of carbonyl (C=O) groups is 1. The number of fused-ring (bicyclic) bond motifs is 1. The van der Waals surface area contributed by atoms with Crippen LogP contribution in [0, 0.1) is 6.92 Å². The van der Waals surface area contributed by atoms with Gasteiger partial charge >= 0.3 is 5.97 Å². The summed E-state index contributed by atoms with van der Waals surface area (Å²) < 4.78 is 6.68. The lowest BCUT2D eigenvalue weighted by atomic mass is 10.1. The van der Waals surface area contributed by atoms with Crippen LogP contribution in [0.3, 0.4) is 0 Å². The maximum Gasteiger partial charge on any atom is 0.342 e. The number of carbonyl (C=O) groups excluding carboxylic acids is 1. The zero-order chi connectivity index (χ0) is 14.0. The molecule has 8 heteroatoms. The average molecular weight is 264 g/mol. The van der Waals surface area contributed by atoms with E-state index in [0.29, 0.717) is 41.3 Å². The van der Waals surface area contributed by atoms with Crippen LogP contribution >= 0.6 is 0 Å². The minimum atomic E-state index is -0.432. The first-order valence-electron chi connectivity index (χ1n) is 6.01. The molecule has 2 rings (SSSR count). The molecular formula is C11H16N6O2. The van der Waals surface area contributed by atoms with Crippen molar-refractivity contribution in [2.75, 3.05) is 12.0 Å². The summed E-state index contributed by atoms with van der Waals surface area (Å²) in [6.45, 7) is 6.26. The van der Waals surface area contributed by atoms with Crippen LogP contribution in [0.2, 0.25) is 0 Å². The molecule has 0 aliphatic rings. The van der Waals surface area contributed by atoms with Crippen molar-refractivity contribution in [3.05, 3.63) is 11.3 Å². The smallest absolute Gasteiger partial charge is 0.342 e. The van der Waals surface area contributed by atoms with Gasteiger partial charge in [0.1, 0.15) is 11.1 Å². The lowest BCUT2D eigenvalue weighted by Crippen LogP contribution is -2.15. The highest BCUT2D eigenvalue weighted by Gasteiger charge is 2.23. The lowest BCUT2D eigenvalue weighted by Gasteiger charge is -2.10. The van der Waals surface area contributed by atoms with Crippen LogP contribution in [-0.2, 0) is 11.3 Å². The number of esters is 1. The van der Waals surface area contributed by atoms with Gasteiger partial charge in [0.05, 0.1) is 12.3 Å². The molecule has 0 saturated carbocycles. The first-order valence-corrected chi connectivity index (χ1v) is 6.01. The van der Waals surface area contributed by atoms with Crippen LogP contribution in [0.4, 0.5) is 5.82 Å². The fraction of sp³-hybridized carbons (Fsp3) is 0.455. The Morgan fingerprint density at radius 1 is 1.47 bits per heavy atom. The Morgan fingerprint density at radius 2 is 2.21 bits per heavy atom. The molecular weight excluding hydrogens is 248 g/mol. The molecule has 0 aromatic carbocycles. The van der Waals surface area contributed by atoms with Gasteiger partial charge < -0.3 is 10.2 Å². The third-order valence-electron chi connectivity index (χ3n) is 2.75. The van der Waals surface area contributed by atoms with Crippen molar-refractivity contribution in [2.45, 2.75) is 27.3 Å². The minimum absolute atomic E-state index is 0.296. The second kappa shape index (κ2) is 5.19. The molecule has 0 aliphatic carbocycles. The first-order chi connectivity index (χ1) is 9.13. The minimum Gasteiger partial charge on any atom is -0.462 e. The van der Waals surface area contributed by atoms with Crippen molar-refractivity contribution in [1.29, 1.82) is 0 Å². The predicted octanol–water partition coefficient (Wildman–Crippen LogP) is 0.617. The number of anilines is 1. The summed E-state index contributed by atoms with van der Waals surface area (Å²) in [5, 5.41) is 7.99. The van der Waals surface area contributed by atoms with E-state index in [4.69, 9.17) is 10.6 Å². The number of nitrogens with two attached hydrogens (primary N) is 1. The Hall–Kier alpha value is -2.22. The predicted molar refractivity (Wildman–Crippen MR) is 69.5 cm³/mol. The van der Waals surface area contributed by atoms with Crippen LogP contribution in [0.15, 0.2) is 0 Å². The second-order valence-electron chi connectivity index (χ2n) is 3.89. The summed E-state index contributed by atoms with van der Waals surface area (Å²) in [4.78, 5) is 16.3. The number of hydrazine groups is 1. The van der Waals surface area contributed by atoms with Gasteiger partial charge in [-0.3, -0.25) is 0 Å². The van der Waals surface area contributed by atoms with Crippen molar-refractivity contribution < 1.29 is 9.53 Å². The maximum atomic E-state index is 12.1. The van der Waals surface area contributed by atoms with E-state index in [9.17, 15) is 4.79 Å². The van der Waals surface area contributed by atoms with E-state index in [1.807, 2.05) is 6.92 Å². The van der Waals surface area contributed by atoms with Crippen molar-refractivity contribution >= 4 is 22.8 Å². The maximum absolute atomic E-state index is 12.1. The summed E-state index contributed by atoms with van der Waals surface area (Å²) >= 11 is 0. The van der Waals surface area contributed by atoms with E-state index < -0.39 is 5.97 Å². The molecule has 2 aromatic heterocycles. The van der Waals surface area contributed by atoms with Crippen LogP contribution in [0.1, 0.15) is 29.9 Å². The first kappa shape index (κ1) is 13.2. The Labute approximate surface area is 109 Å². The third kappa shape index (κ3) is 2.10. The normalized spacial score (nSPS) is 10.7. The van der Waals surface area contributed by atoms with E-state index in [1.165, 1.54) is 0 Å². The van der Waals surface area contributed by atoms with Crippen molar-refractivity contribution in [3.63, 3.8) is 0 Å². The van der Waals surface area contributed by atoms with Gasteiger partial charge in [0.25, 0.3) is 0 Å². The molecule has 2 heterocycles. The van der Waals surface area contributed by atoms with E-state index >= 15 is 0 Å². The Kier molecular flexibility index (Phi) is 3.61. The molecule has 102 valence electrons. The zero-order valence-corrected chi connectivity index (χ0v) is 11.1. The highest BCUT2D eigenvalue weighted by molar-refractivity contribution is 6.05. The lowest BCUT2D eigenvalue weighted by molar-refractivity contribution is 0.0527. The number of nitrogen functional groups attached to an aromatic ring is 1. The van der Waals surface area contributed by atoms with E-state index in [-0.39, 0.29) is 0 Å². The number of ether oxygens (including phenoxy) is 1. The number of nitrogens with zero attached hydrogens (tertiary/aromatic N) is 4. The summed E-state index contributed by atoms with van der Waals surface area (Å²) in [5.74, 6) is 5.37. The highest BCUT2D eigenvalue weighted by atomic mass is 16.5. The van der Waals surface area contributed by atoms with Gasteiger partial charge in [-0.05, 0) is 20.8 Å².